The van der Waals surface area contributed by atoms with E-state index in [0.29, 0.717) is 0 Å². The quantitative estimate of drug-likeness (QED) is 0.864. The van der Waals surface area contributed by atoms with Gasteiger partial charge in [-0.05, 0) is 28.1 Å². The van der Waals surface area contributed by atoms with Gasteiger partial charge in [0.15, 0.2) is 0 Å². The lowest BCUT2D eigenvalue weighted by atomic mass is 10.2. The fourth-order valence-corrected chi connectivity index (χ4v) is 1.52. The van der Waals surface area contributed by atoms with Gasteiger partial charge in [-0.2, -0.15) is 0 Å². The fraction of sp³-hybridized carbons (Fsp3) is 0.273. The van der Waals surface area contributed by atoms with Crippen LogP contribution in [0.5, 0.6) is 0 Å². The number of hydrogen-bond donors (Lipinski definition) is 1. The van der Waals surface area contributed by atoms with E-state index in [9.17, 15) is 14.0 Å². The lowest BCUT2D eigenvalue weighted by Gasteiger charge is -2.06. The van der Waals surface area contributed by atoms with Gasteiger partial charge in [0.05, 0.1) is 23.6 Å². The van der Waals surface area contributed by atoms with Crippen molar-refractivity contribution in [2.24, 2.45) is 0 Å². The monoisotopic (exact) mass is 303 g/mol. The van der Waals surface area contributed by atoms with Crippen molar-refractivity contribution in [1.29, 1.82) is 0 Å². The highest BCUT2D eigenvalue weighted by Gasteiger charge is 2.13. The molecule has 0 aromatic heterocycles. The number of carbonyl (C=O) groups is 2. The molecule has 0 aliphatic heterocycles. The number of hydrogen-bond acceptors (Lipinski definition) is 3. The van der Waals surface area contributed by atoms with Crippen molar-refractivity contribution in [1.82, 2.24) is 5.32 Å². The highest BCUT2D eigenvalue weighted by atomic mass is 79.9. The van der Waals surface area contributed by atoms with Gasteiger partial charge >= 0.3 is 5.97 Å². The van der Waals surface area contributed by atoms with E-state index < -0.39 is 17.7 Å². The molecular weight excluding hydrogens is 293 g/mol. The number of carbonyl (C=O) groups excluding carboxylic acids is 2. The van der Waals surface area contributed by atoms with Gasteiger partial charge in [0.1, 0.15) is 5.82 Å². The standard InChI is InChI=1S/C11H11BrFNO3/c1-17-9(15)5-6-14-11(16)7-3-2-4-8(12)10(7)13/h2-4H,5-6H2,1H3,(H,14,16). The van der Waals surface area contributed by atoms with Crippen molar-refractivity contribution in [2.75, 3.05) is 13.7 Å². The maximum atomic E-state index is 13.5. The summed E-state index contributed by atoms with van der Waals surface area (Å²) in [6.07, 6.45) is 0.0534. The highest BCUT2D eigenvalue weighted by Crippen LogP contribution is 2.18. The molecule has 1 N–H and O–H groups in total. The molecule has 0 saturated heterocycles. The Morgan fingerprint density at radius 2 is 2.18 bits per heavy atom. The summed E-state index contributed by atoms with van der Waals surface area (Å²) < 4.78 is 18.1. The third-order valence-electron chi connectivity index (χ3n) is 2.04. The van der Waals surface area contributed by atoms with Crippen LogP contribution in [0.3, 0.4) is 0 Å². The van der Waals surface area contributed by atoms with Gasteiger partial charge in [0, 0.05) is 6.54 Å². The van der Waals surface area contributed by atoms with Gasteiger partial charge in [0.2, 0.25) is 0 Å². The largest absolute Gasteiger partial charge is 0.469 e. The summed E-state index contributed by atoms with van der Waals surface area (Å²) in [6, 6.07) is 4.43. The molecule has 0 saturated carbocycles. The normalized spacial score (nSPS) is 9.82. The molecule has 0 atom stereocenters. The number of halogens is 2. The van der Waals surface area contributed by atoms with Crippen LogP contribution < -0.4 is 5.32 Å². The second-order valence-electron chi connectivity index (χ2n) is 3.18. The number of nitrogens with one attached hydrogen (secondary N) is 1. The molecule has 4 nitrogen and oxygen atoms in total. The van der Waals surface area contributed by atoms with Crippen LogP contribution >= 0.6 is 15.9 Å². The van der Waals surface area contributed by atoms with Crippen molar-refractivity contribution in [3.8, 4) is 0 Å². The van der Waals surface area contributed by atoms with Gasteiger partial charge in [-0.25, -0.2) is 4.39 Å². The lowest BCUT2D eigenvalue weighted by molar-refractivity contribution is -0.140. The molecular formula is C11H11BrFNO3. The molecule has 0 heterocycles. The minimum atomic E-state index is -0.622. The van der Waals surface area contributed by atoms with Gasteiger partial charge in [-0.1, -0.05) is 6.07 Å². The summed E-state index contributed by atoms with van der Waals surface area (Å²) in [5, 5.41) is 2.43. The first-order chi connectivity index (χ1) is 8.06. The molecule has 1 amide bonds. The Morgan fingerprint density at radius 1 is 1.47 bits per heavy atom. The molecule has 1 aromatic carbocycles. The second-order valence-corrected chi connectivity index (χ2v) is 4.04. The fourth-order valence-electron chi connectivity index (χ4n) is 1.15. The van der Waals surface area contributed by atoms with Crippen LogP contribution in [0.4, 0.5) is 4.39 Å². The summed E-state index contributed by atoms with van der Waals surface area (Å²) in [5.41, 5.74) is -0.0655. The highest BCUT2D eigenvalue weighted by molar-refractivity contribution is 9.10. The van der Waals surface area contributed by atoms with E-state index in [2.05, 4.69) is 26.0 Å². The number of ether oxygens (including phenoxy) is 1. The molecule has 1 aromatic rings. The molecule has 0 fully saturated rings. The molecule has 0 bridgehead atoms. The van der Waals surface area contributed by atoms with E-state index in [1.165, 1.54) is 19.2 Å². The summed E-state index contributed by atoms with van der Waals surface area (Å²) in [7, 11) is 1.26. The summed E-state index contributed by atoms with van der Waals surface area (Å²) >= 11 is 2.99. The Kier molecular flexibility index (Phi) is 5.09. The number of esters is 1. The molecule has 0 spiro atoms. The smallest absolute Gasteiger partial charge is 0.307 e. The Morgan fingerprint density at radius 3 is 2.82 bits per heavy atom. The maximum Gasteiger partial charge on any atom is 0.307 e. The van der Waals surface area contributed by atoms with Crippen LogP contribution in [0.2, 0.25) is 0 Å². The SMILES string of the molecule is COC(=O)CCNC(=O)c1cccc(Br)c1F. The predicted molar refractivity (Wildman–Crippen MR) is 63.1 cm³/mol. The Labute approximate surface area is 106 Å². The van der Waals surface area contributed by atoms with E-state index in [1.54, 1.807) is 6.07 Å². The van der Waals surface area contributed by atoms with Gasteiger partial charge in [-0.3, -0.25) is 9.59 Å². The second kappa shape index (κ2) is 6.34. The Balaban J connectivity index is 2.59. The van der Waals surface area contributed by atoms with E-state index in [4.69, 9.17) is 0 Å². The summed E-state index contributed by atoms with van der Waals surface area (Å²) in [6.45, 7) is 0.109. The van der Waals surface area contributed by atoms with Crippen LogP contribution in [0.1, 0.15) is 16.8 Å². The Hall–Kier alpha value is -1.43. The summed E-state index contributed by atoms with van der Waals surface area (Å²) in [4.78, 5) is 22.4. The van der Waals surface area contributed by atoms with Gasteiger partial charge < -0.3 is 10.1 Å². The van der Waals surface area contributed by atoms with Crippen LogP contribution in [-0.4, -0.2) is 25.5 Å². The number of amides is 1. The van der Waals surface area contributed by atoms with Crippen LogP contribution in [-0.2, 0) is 9.53 Å². The van der Waals surface area contributed by atoms with Crippen molar-refractivity contribution in [2.45, 2.75) is 6.42 Å². The zero-order valence-electron chi connectivity index (χ0n) is 9.13. The predicted octanol–water partition coefficient (Wildman–Crippen LogP) is 1.88. The van der Waals surface area contributed by atoms with Crippen LogP contribution in [0.25, 0.3) is 0 Å². The van der Waals surface area contributed by atoms with E-state index in [0.717, 1.165) is 0 Å². The minimum absolute atomic E-state index is 0.0534. The molecule has 6 heteroatoms. The van der Waals surface area contributed by atoms with Crippen LogP contribution in [0.15, 0.2) is 22.7 Å². The molecule has 0 unspecified atom stereocenters. The van der Waals surface area contributed by atoms with E-state index in [-0.39, 0.29) is 23.0 Å². The Bertz CT molecular complexity index is 437. The van der Waals surface area contributed by atoms with Crippen molar-refractivity contribution in [3.05, 3.63) is 34.1 Å². The van der Waals surface area contributed by atoms with E-state index in [1.807, 2.05) is 0 Å². The third kappa shape index (κ3) is 3.81. The van der Waals surface area contributed by atoms with Crippen LogP contribution in [0, 0.1) is 5.82 Å². The van der Waals surface area contributed by atoms with Gasteiger partial charge in [0.25, 0.3) is 5.91 Å². The van der Waals surface area contributed by atoms with Crippen molar-refractivity contribution >= 4 is 27.8 Å². The zero-order valence-corrected chi connectivity index (χ0v) is 10.7. The third-order valence-corrected chi connectivity index (χ3v) is 2.65. The lowest BCUT2D eigenvalue weighted by Crippen LogP contribution is -2.27. The topological polar surface area (TPSA) is 55.4 Å². The van der Waals surface area contributed by atoms with Crippen molar-refractivity contribution in [3.63, 3.8) is 0 Å². The molecule has 1 rings (SSSR count). The molecule has 0 aliphatic carbocycles. The van der Waals surface area contributed by atoms with Crippen molar-refractivity contribution < 1.29 is 18.7 Å². The number of rotatable bonds is 4. The summed E-state index contributed by atoms with van der Waals surface area (Å²) in [5.74, 6) is -1.62. The average molecular weight is 304 g/mol. The van der Waals surface area contributed by atoms with E-state index >= 15 is 0 Å². The molecule has 0 aliphatic rings. The average Bonchev–Trinajstić information content (AvgIpc) is 2.32. The minimum Gasteiger partial charge on any atom is -0.469 e. The number of methoxy groups -OCH3 is 1. The number of benzene rings is 1. The first kappa shape index (κ1) is 13.6. The van der Waals surface area contributed by atoms with Gasteiger partial charge in [-0.15, -0.1) is 0 Å². The first-order valence-corrected chi connectivity index (χ1v) is 5.64. The zero-order chi connectivity index (χ0) is 12.8. The molecule has 0 radical (unpaired) electrons. The molecule has 92 valence electrons. The molecule has 17 heavy (non-hydrogen) atoms. The first-order valence-electron chi connectivity index (χ1n) is 4.85. The maximum absolute atomic E-state index is 13.5.